The van der Waals surface area contributed by atoms with Crippen LogP contribution in [-0.4, -0.2) is 60.0 Å². The number of aliphatic imine (C=N–C) groups is 2. The van der Waals surface area contributed by atoms with Gasteiger partial charge in [0.05, 0.1) is 24.3 Å². The van der Waals surface area contributed by atoms with Crippen LogP contribution in [-0.2, 0) is 0 Å². The highest BCUT2D eigenvalue weighted by molar-refractivity contribution is 14.1. The molecule has 13 heteroatoms. The zero-order chi connectivity index (χ0) is 28.6. The van der Waals surface area contributed by atoms with Gasteiger partial charge in [0.1, 0.15) is 11.5 Å². The van der Waals surface area contributed by atoms with Crippen molar-refractivity contribution < 1.29 is 19.1 Å². The van der Waals surface area contributed by atoms with Crippen molar-refractivity contribution in [2.45, 2.75) is 74.2 Å². The summed E-state index contributed by atoms with van der Waals surface area (Å²) in [6, 6.07) is 3.15. The Kier molecular flexibility index (Phi) is 14.5. The molecule has 39 heavy (non-hydrogen) atoms. The van der Waals surface area contributed by atoms with Crippen molar-refractivity contribution in [3.05, 3.63) is 23.3 Å². The lowest BCUT2D eigenvalue weighted by molar-refractivity contribution is 0.0924. The Morgan fingerprint density at radius 2 is 1.28 bits per heavy atom. The summed E-state index contributed by atoms with van der Waals surface area (Å²) in [7, 11) is 0. The van der Waals surface area contributed by atoms with Crippen molar-refractivity contribution in [2.75, 3.05) is 26.3 Å². The third kappa shape index (κ3) is 12.6. The number of rotatable bonds is 17. The number of primary amides is 1. The Morgan fingerprint density at radius 1 is 0.769 bits per heavy atom. The third-order valence-electron chi connectivity index (χ3n) is 6.29. The van der Waals surface area contributed by atoms with Crippen LogP contribution < -0.4 is 43.5 Å². The fourth-order valence-corrected chi connectivity index (χ4v) is 4.91. The minimum atomic E-state index is -0.677. The molecule has 0 aromatic heterocycles. The van der Waals surface area contributed by atoms with E-state index in [1.165, 1.54) is 6.07 Å². The average Bonchev–Trinajstić information content (AvgIpc) is 2.88. The number of halogens is 1. The molecule has 0 bridgehead atoms. The monoisotopic (exact) mass is 658 g/mol. The van der Waals surface area contributed by atoms with E-state index >= 15 is 0 Å². The second-order valence-electron chi connectivity index (χ2n) is 9.56. The number of ether oxygens (including phenoxy) is 2. The molecule has 1 aliphatic carbocycles. The molecule has 1 fully saturated rings. The average molecular weight is 659 g/mol. The third-order valence-corrected chi connectivity index (χ3v) is 7.54. The van der Waals surface area contributed by atoms with Gasteiger partial charge in [0.2, 0.25) is 0 Å². The van der Waals surface area contributed by atoms with E-state index in [-0.39, 0.29) is 40.7 Å². The van der Waals surface area contributed by atoms with Gasteiger partial charge in [0, 0.05) is 29.1 Å². The first kappa shape index (κ1) is 32.2. The van der Waals surface area contributed by atoms with Crippen molar-refractivity contribution in [3.8, 4) is 11.5 Å². The van der Waals surface area contributed by atoms with E-state index in [1.54, 1.807) is 6.07 Å². The first-order chi connectivity index (χ1) is 18.7. The lowest BCUT2D eigenvalue weighted by Gasteiger charge is -2.26. The zero-order valence-electron chi connectivity index (χ0n) is 22.5. The van der Waals surface area contributed by atoms with Gasteiger partial charge in [0.25, 0.3) is 11.8 Å². The summed E-state index contributed by atoms with van der Waals surface area (Å²) in [6.07, 6.45) is 8.71. The maximum Gasteiger partial charge on any atom is 0.255 e. The van der Waals surface area contributed by atoms with Crippen LogP contribution in [0.4, 0.5) is 0 Å². The Bertz CT molecular complexity index is 988. The van der Waals surface area contributed by atoms with Crippen LogP contribution in [0.1, 0.15) is 84.9 Å². The second kappa shape index (κ2) is 17.6. The highest BCUT2D eigenvalue weighted by Gasteiger charge is 2.25. The number of nitrogens with one attached hydrogen (secondary N) is 1. The maximum absolute atomic E-state index is 13.3. The molecular weight excluding hydrogens is 615 g/mol. The number of carbonyl (C=O) groups is 2. The van der Waals surface area contributed by atoms with Crippen LogP contribution >= 0.6 is 22.6 Å². The van der Waals surface area contributed by atoms with Crippen molar-refractivity contribution in [3.63, 3.8) is 0 Å². The van der Waals surface area contributed by atoms with Gasteiger partial charge in [-0.05, 0) is 70.3 Å². The summed E-state index contributed by atoms with van der Waals surface area (Å²) >= 11 is 2.45. The van der Waals surface area contributed by atoms with E-state index in [4.69, 9.17) is 38.1 Å². The maximum atomic E-state index is 13.3. The van der Waals surface area contributed by atoms with Gasteiger partial charge in [-0.15, -0.1) is 0 Å². The quantitative estimate of drug-likeness (QED) is 0.0476. The molecular formula is C26H43IN8O4. The number of alkyl halides is 1. The van der Waals surface area contributed by atoms with Crippen LogP contribution in [0, 0.1) is 0 Å². The van der Waals surface area contributed by atoms with E-state index in [0.29, 0.717) is 36.0 Å². The molecule has 0 spiro atoms. The van der Waals surface area contributed by atoms with Crippen LogP contribution in [0.2, 0.25) is 0 Å². The Hall–Kier alpha value is -2.97. The van der Waals surface area contributed by atoms with Crippen LogP contribution in [0.3, 0.4) is 0 Å². The number of nitrogens with two attached hydrogens (primary N) is 5. The lowest BCUT2D eigenvalue weighted by atomic mass is 9.95. The smallest absolute Gasteiger partial charge is 0.255 e. The SMILES string of the molecule is NC(=O)c1cc(C(=O)NC2CCC(I)CC2)c(OCCCCCN=C(N)N)cc1OCCCCCN=C(N)N. The molecule has 11 N–H and O–H groups in total. The number of amides is 2. The molecule has 1 aliphatic rings. The summed E-state index contributed by atoms with van der Waals surface area (Å²) < 4.78 is 12.6. The molecule has 1 aromatic carbocycles. The highest BCUT2D eigenvalue weighted by Crippen LogP contribution is 2.31. The fourth-order valence-electron chi connectivity index (χ4n) is 4.19. The standard InChI is InChI=1S/C26H43IN8O4/c27-17-7-9-18(10-8-17)35-24(37)20-15-19(23(28)36)21(38-13-5-1-3-11-33-25(29)30)16-22(20)39-14-6-2-4-12-34-26(31)32/h15-18H,1-14H2,(H2,28,36)(H,35,37)(H4,29,30,33)(H4,31,32,34). The van der Waals surface area contributed by atoms with Crippen molar-refractivity contribution in [1.82, 2.24) is 5.32 Å². The molecule has 1 aromatic rings. The van der Waals surface area contributed by atoms with E-state index in [0.717, 1.165) is 64.2 Å². The van der Waals surface area contributed by atoms with Gasteiger partial charge in [-0.25, -0.2) is 0 Å². The highest BCUT2D eigenvalue weighted by atomic mass is 127. The normalized spacial score (nSPS) is 16.6. The number of carbonyl (C=O) groups excluding carboxylic acids is 2. The molecule has 0 heterocycles. The number of nitrogens with zero attached hydrogens (tertiary/aromatic N) is 2. The van der Waals surface area contributed by atoms with Gasteiger partial charge in [0.15, 0.2) is 11.9 Å². The minimum Gasteiger partial charge on any atom is -0.493 e. The predicted molar refractivity (Wildman–Crippen MR) is 163 cm³/mol. The Balaban J connectivity index is 2.10. The topological polar surface area (TPSA) is 219 Å². The van der Waals surface area contributed by atoms with Gasteiger partial charge in [-0.2, -0.15) is 0 Å². The Morgan fingerprint density at radius 3 is 1.77 bits per heavy atom. The molecule has 0 saturated heterocycles. The summed E-state index contributed by atoms with van der Waals surface area (Å²) in [4.78, 5) is 33.5. The second-order valence-corrected chi connectivity index (χ2v) is 11.3. The van der Waals surface area contributed by atoms with E-state index in [1.807, 2.05) is 0 Å². The van der Waals surface area contributed by atoms with Crippen LogP contribution in [0.5, 0.6) is 11.5 Å². The van der Waals surface area contributed by atoms with E-state index in [2.05, 4.69) is 37.9 Å². The van der Waals surface area contributed by atoms with Crippen LogP contribution in [0.25, 0.3) is 0 Å². The van der Waals surface area contributed by atoms with Crippen molar-refractivity contribution in [2.24, 2.45) is 38.7 Å². The van der Waals surface area contributed by atoms with Gasteiger partial charge >= 0.3 is 0 Å². The molecule has 0 aliphatic heterocycles. The van der Waals surface area contributed by atoms with Gasteiger partial charge < -0.3 is 43.5 Å². The molecule has 12 nitrogen and oxygen atoms in total. The van der Waals surface area contributed by atoms with Crippen molar-refractivity contribution in [1.29, 1.82) is 0 Å². The summed E-state index contributed by atoms with van der Waals surface area (Å²) in [5.41, 5.74) is 27.5. The first-order valence-electron chi connectivity index (χ1n) is 13.5. The number of hydrogen-bond acceptors (Lipinski definition) is 6. The van der Waals surface area contributed by atoms with E-state index < -0.39 is 5.91 Å². The summed E-state index contributed by atoms with van der Waals surface area (Å²) in [6.45, 7) is 1.83. The van der Waals surface area contributed by atoms with E-state index in [9.17, 15) is 9.59 Å². The molecule has 2 rings (SSSR count). The predicted octanol–water partition coefficient (Wildman–Crippen LogP) is 1.91. The summed E-state index contributed by atoms with van der Waals surface area (Å²) in [5, 5.41) is 3.11. The molecule has 0 radical (unpaired) electrons. The molecule has 0 atom stereocenters. The largest absolute Gasteiger partial charge is 0.493 e. The van der Waals surface area contributed by atoms with Gasteiger partial charge in [-0.1, -0.05) is 22.6 Å². The minimum absolute atomic E-state index is 0.0699. The van der Waals surface area contributed by atoms with Gasteiger partial charge in [-0.3, -0.25) is 19.6 Å². The first-order valence-corrected chi connectivity index (χ1v) is 14.7. The number of benzene rings is 1. The molecule has 218 valence electrons. The molecule has 1 saturated carbocycles. The summed E-state index contributed by atoms with van der Waals surface area (Å²) in [5.74, 6) is -0.180. The fraction of sp³-hybridized carbons (Fsp3) is 0.615. The zero-order valence-corrected chi connectivity index (χ0v) is 24.7. The number of unbranched alkanes of at least 4 members (excludes halogenated alkanes) is 4. The number of hydrogen-bond donors (Lipinski definition) is 6. The molecule has 2 amide bonds. The lowest BCUT2D eigenvalue weighted by Crippen LogP contribution is -2.38. The van der Waals surface area contributed by atoms with Crippen LogP contribution in [0.15, 0.2) is 22.1 Å². The Labute approximate surface area is 244 Å². The molecule has 0 unspecified atom stereocenters. The number of guanidine groups is 2. The van der Waals surface area contributed by atoms with Crippen molar-refractivity contribution >= 4 is 46.3 Å².